The molecule has 6 rings (SSSR count). The number of anilines is 4. The van der Waals surface area contributed by atoms with Crippen molar-refractivity contribution in [2.45, 2.75) is 43.9 Å². The van der Waals surface area contributed by atoms with Gasteiger partial charge >= 0.3 is 0 Å². The quantitative estimate of drug-likeness (QED) is 0.396. The van der Waals surface area contributed by atoms with E-state index in [2.05, 4.69) is 92.1 Å². The minimum Gasteiger partial charge on any atom is -0.368 e. The number of nitrogens with zero attached hydrogens (tertiary/aromatic N) is 5. The van der Waals surface area contributed by atoms with Crippen LogP contribution in [0.3, 0.4) is 0 Å². The van der Waals surface area contributed by atoms with E-state index >= 15 is 0 Å². The summed E-state index contributed by atoms with van der Waals surface area (Å²) in [5.74, 6) is 2.55. The molecule has 0 amide bonds. The largest absolute Gasteiger partial charge is 0.368 e. The van der Waals surface area contributed by atoms with Crippen molar-refractivity contribution in [1.82, 2.24) is 15.3 Å². The smallest absolute Gasteiger partial charge is 0.232 e. The third-order valence-electron chi connectivity index (χ3n) is 8.61. The summed E-state index contributed by atoms with van der Waals surface area (Å²) in [4.78, 5) is 17.1. The molecule has 0 radical (unpaired) electrons. The predicted octanol–water partition coefficient (Wildman–Crippen LogP) is 5.20. The second-order valence-corrected chi connectivity index (χ2v) is 11.5. The third kappa shape index (κ3) is 5.96. The van der Waals surface area contributed by atoms with E-state index in [1.54, 1.807) is 0 Å². The van der Waals surface area contributed by atoms with Crippen molar-refractivity contribution < 1.29 is 0 Å². The maximum Gasteiger partial charge on any atom is 0.232 e. The van der Waals surface area contributed by atoms with Gasteiger partial charge < -0.3 is 25.3 Å². The van der Waals surface area contributed by atoms with E-state index in [1.165, 1.54) is 49.8 Å². The summed E-state index contributed by atoms with van der Waals surface area (Å²) >= 11 is 5.78. The lowest BCUT2D eigenvalue weighted by atomic mass is 9.79. The van der Waals surface area contributed by atoms with Crippen molar-refractivity contribution in [2.75, 3.05) is 65.8 Å². The Hall–Kier alpha value is -3.39. The van der Waals surface area contributed by atoms with Crippen LogP contribution in [-0.2, 0) is 5.41 Å². The van der Waals surface area contributed by atoms with E-state index in [1.807, 2.05) is 0 Å². The topological polar surface area (TPSA) is 59.6 Å². The van der Waals surface area contributed by atoms with Gasteiger partial charge in [-0.15, -0.1) is 0 Å². The summed E-state index contributed by atoms with van der Waals surface area (Å²) < 4.78 is 0. The van der Waals surface area contributed by atoms with Crippen LogP contribution in [0.4, 0.5) is 23.3 Å². The lowest BCUT2D eigenvalue weighted by molar-refractivity contribution is 0.435. The Morgan fingerprint density at radius 3 is 1.92 bits per heavy atom. The Morgan fingerprint density at radius 1 is 0.718 bits per heavy atom. The zero-order valence-electron chi connectivity index (χ0n) is 22.7. The molecule has 204 valence electrons. The Labute approximate surface area is 237 Å². The highest BCUT2D eigenvalue weighted by Crippen LogP contribution is 2.40. The molecular weight excluding hydrogens is 502 g/mol. The second-order valence-electron chi connectivity index (χ2n) is 11.1. The van der Waals surface area contributed by atoms with Gasteiger partial charge in [-0.1, -0.05) is 61.4 Å². The average molecular weight is 542 g/mol. The first kappa shape index (κ1) is 25.9. The van der Waals surface area contributed by atoms with Crippen LogP contribution in [0.25, 0.3) is 0 Å². The van der Waals surface area contributed by atoms with Crippen molar-refractivity contribution in [3.8, 4) is 0 Å². The number of hydrogen-bond acceptors (Lipinski definition) is 6. The summed E-state index contributed by atoms with van der Waals surface area (Å²) in [6, 6.07) is 23.7. The first-order valence-corrected chi connectivity index (χ1v) is 14.9. The zero-order valence-corrected chi connectivity index (χ0v) is 23.5. The molecule has 0 spiro atoms. The molecule has 0 unspecified atom stereocenters. The Kier molecular flexibility index (Phi) is 7.81. The van der Waals surface area contributed by atoms with Gasteiger partial charge in [-0.25, -0.2) is 0 Å². The van der Waals surface area contributed by atoms with Crippen molar-refractivity contribution >= 4 is 40.6 Å². The fourth-order valence-electron chi connectivity index (χ4n) is 6.39. The SMILES string of the molecule is S=C(NCC1(c2ccccc2)CCCC1)Nc1nc(N2CCCC2)cc(N2CCN(c3ccccc3)CC2)n1. The number of nitrogens with one attached hydrogen (secondary N) is 2. The number of benzene rings is 2. The lowest BCUT2D eigenvalue weighted by Gasteiger charge is -2.37. The highest BCUT2D eigenvalue weighted by Gasteiger charge is 2.35. The molecule has 1 saturated carbocycles. The maximum atomic E-state index is 5.78. The summed E-state index contributed by atoms with van der Waals surface area (Å²) in [5, 5.41) is 7.47. The number of thiocarbonyl (C=S) groups is 1. The molecule has 2 aliphatic heterocycles. The zero-order chi connectivity index (χ0) is 26.5. The minimum atomic E-state index is 0.134. The number of hydrogen-bond donors (Lipinski definition) is 2. The Bertz CT molecular complexity index is 1230. The predicted molar refractivity (Wildman–Crippen MR) is 165 cm³/mol. The molecule has 0 atom stereocenters. The van der Waals surface area contributed by atoms with Crippen molar-refractivity contribution in [3.05, 3.63) is 72.3 Å². The molecule has 8 heteroatoms. The number of aromatic nitrogens is 2. The monoisotopic (exact) mass is 541 g/mol. The number of para-hydroxylation sites is 1. The van der Waals surface area contributed by atoms with Crippen molar-refractivity contribution in [2.24, 2.45) is 0 Å². The molecule has 1 aliphatic carbocycles. The highest BCUT2D eigenvalue weighted by molar-refractivity contribution is 7.80. The first-order chi connectivity index (χ1) is 19.2. The van der Waals surface area contributed by atoms with Gasteiger partial charge in [0.05, 0.1) is 0 Å². The fourth-order valence-corrected chi connectivity index (χ4v) is 6.55. The standard InChI is InChI=1S/C31H39N7S/c39-30(32-24-31(15-7-8-16-31)25-11-3-1-4-12-25)35-29-33-27(37-17-9-10-18-37)23-28(34-29)38-21-19-36(20-22-38)26-13-5-2-6-14-26/h1-6,11-14,23H,7-10,15-22,24H2,(H2,32,33,34,35,39). The van der Waals surface area contributed by atoms with Gasteiger partial charge in [0.25, 0.3) is 0 Å². The molecule has 7 nitrogen and oxygen atoms in total. The van der Waals surface area contributed by atoms with Gasteiger partial charge in [-0.2, -0.15) is 9.97 Å². The van der Waals surface area contributed by atoms with E-state index in [-0.39, 0.29) is 5.41 Å². The summed E-state index contributed by atoms with van der Waals surface area (Å²) in [5.41, 5.74) is 2.82. The first-order valence-electron chi connectivity index (χ1n) is 14.5. The highest BCUT2D eigenvalue weighted by atomic mass is 32.1. The molecule has 3 heterocycles. The third-order valence-corrected chi connectivity index (χ3v) is 8.86. The van der Waals surface area contributed by atoms with Crippen LogP contribution in [0.5, 0.6) is 0 Å². The van der Waals surface area contributed by atoms with Crippen molar-refractivity contribution in [1.29, 1.82) is 0 Å². The van der Waals surface area contributed by atoms with Crippen LogP contribution >= 0.6 is 12.2 Å². The average Bonchev–Trinajstić information content (AvgIpc) is 3.71. The Morgan fingerprint density at radius 2 is 1.28 bits per heavy atom. The molecule has 1 aromatic heterocycles. The van der Waals surface area contributed by atoms with E-state index in [4.69, 9.17) is 22.2 Å². The molecule has 3 aromatic rings. The van der Waals surface area contributed by atoms with Gasteiger partial charge in [0, 0.05) is 63.0 Å². The van der Waals surface area contributed by atoms with Gasteiger partial charge in [0.15, 0.2) is 5.11 Å². The van der Waals surface area contributed by atoms with Crippen LogP contribution in [0, 0.1) is 0 Å². The molecule has 0 bridgehead atoms. The maximum absolute atomic E-state index is 5.78. The van der Waals surface area contributed by atoms with Gasteiger partial charge in [-0.05, 0) is 55.6 Å². The molecule has 39 heavy (non-hydrogen) atoms. The van der Waals surface area contributed by atoms with Crippen LogP contribution in [0.2, 0.25) is 0 Å². The lowest BCUT2D eigenvalue weighted by Crippen LogP contribution is -2.47. The fraction of sp³-hybridized carbons (Fsp3) is 0.452. The normalized spacial score (nSPS) is 18.8. The summed E-state index contributed by atoms with van der Waals surface area (Å²) in [6.45, 7) is 6.69. The van der Waals surface area contributed by atoms with E-state index < -0.39 is 0 Å². The molecule has 3 aliphatic rings. The molecular formula is C31H39N7S. The van der Waals surface area contributed by atoms with E-state index in [0.717, 1.165) is 57.4 Å². The molecule has 3 fully saturated rings. The van der Waals surface area contributed by atoms with Crippen LogP contribution in [-0.4, -0.2) is 60.9 Å². The Balaban J connectivity index is 1.15. The van der Waals surface area contributed by atoms with Crippen molar-refractivity contribution in [3.63, 3.8) is 0 Å². The van der Waals surface area contributed by atoms with E-state index in [9.17, 15) is 0 Å². The van der Waals surface area contributed by atoms with E-state index in [0.29, 0.717) is 11.1 Å². The van der Waals surface area contributed by atoms with Gasteiger partial charge in [-0.3, -0.25) is 0 Å². The second kappa shape index (κ2) is 11.8. The molecule has 2 aromatic carbocycles. The summed E-state index contributed by atoms with van der Waals surface area (Å²) in [6.07, 6.45) is 7.31. The van der Waals surface area contributed by atoms with Crippen LogP contribution in [0.1, 0.15) is 44.1 Å². The number of rotatable bonds is 7. The molecule has 2 saturated heterocycles. The van der Waals surface area contributed by atoms with Gasteiger partial charge in [0.2, 0.25) is 5.95 Å². The summed E-state index contributed by atoms with van der Waals surface area (Å²) in [7, 11) is 0. The number of piperazine rings is 1. The minimum absolute atomic E-state index is 0.134. The molecule has 2 N–H and O–H groups in total. The van der Waals surface area contributed by atoms with Crippen LogP contribution in [0.15, 0.2) is 66.7 Å². The van der Waals surface area contributed by atoms with Gasteiger partial charge in [0.1, 0.15) is 11.6 Å². The van der Waals surface area contributed by atoms with Crippen LogP contribution < -0.4 is 25.3 Å².